The molecular weight excluding hydrogens is 193 g/mol. The Morgan fingerprint density at radius 3 is 2.93 bits per heavy atom. The molecule has 1 aliphatic rings. The van der Waals surface area contributed by atoms with E-state index < -0.39 is 0 Å². The summed E-state index contributed by atoms with van der Waals surface area (Å²) in [6.07, 6.45) is 2.57. The Bertz CT molecular complexity index is 349. The van der Waals surface area contributed by atoms with Crippen molar-refractivity contribution >= 4 is 0 Å². The second-order valence-corrected chi connectivity index (χ2v) is 4.28. The molecule has 3 heteroatoms. The zero-order chi connectivity index (χ0) is 10.8. The Balaban J connectivity index is 2.02. The number of nitrogens with one attached hydrogen (secondary N) is 1. The van der Waals surface area contributed by atoms with Gasteiger partial charge in [-0.25, -0.2) is 4.39 Å². The lowest BCUT2D eigenvalue weighted by Gasteiger charge is -2.15. The summed E-state index contributed by atoms with van der Waals surface area (Å²) < 4.78 is 13.0. The van der Waals surface area contributed by atoms with Crippen molar-refractivity contribution in [3.05, 3.63) is 29.6 Å². The Hall–Kier alpha value is -1.09. The number of hydrogen-bond acceptors (Lipinski definition) is 2. The molecular formula is C12H16FNO. The van der Waals surface area contributed by atoms with E-state index in [2.05, 4.69) is 5.32 Å². The summed E-state index contributed by atoms with van der Waals surface area (Å²) >= 11 is 0. The van der Waals surface area contributed by atoms with Crippen molar-refractivity contribution in [3.8, 4) is 5.75 Å². The highest BCUT2D eigenvalue weighted by molar-refractivity contribution is 5.34. The van der Waals surface area contributed by atoms with Crippen LogP contribution < -0.4 is 5.32 Å². The molecule has 1 aromatic carbocycles. The fourth-order valence-electron chi connectivity index (χ4n) is 1.65. The lowest BCUT2D eigenvalue weighted by atomic mass is 10.1. The normalized spacial score (nSPS) is 17.7. The van der Waals surface area contributed by atoms with Crippen molar-refractivity contribution in [3.63, 3.8) is 0 Å². The van der Waals surface area contributed by atoms with E-state index >= 15 is 0 Å². The molecule has 0 spiro atoms. The number of halogens is 1. The quantitative estimate of drug-likeness (QED) is 0.798. The van der Waals surface area contributed by atoms with Crippen LogP contribution in [-0.4, -0.2) is 11.7 Å². The largest absolute Gasteiger partial charge is 0.508 e. The molecule has 0 radical (unpaired) electrons. The first-order valence-electron chi connectivity index (χ1n) is 5.38. The molecule has 0 aromatic heterocycles. The lowest BCUT2D eigenvalue weighted by Crippen LogP contribution is -2.21. The minimum Gasteiger partial charge on any atom is -0.508 e. The predicted octanol–water partition coefficient (Wildman–Crippen LogP) is 2.59. The van der Waals surface area contributed by atoms with Crippen molar-refractivity contribution in [1.82, 2.24) is 5.32 Å². The van der Waals surface area contributed by atoms with E-state index in [1.165, 1.54) is 31.0 Å². The molecule has 0 heterocycles. The smallest absolute Gasteiger partial charge is 0.123 e. The number of aromatic hydroxyl groups is 1. The van der Waals surface area contributed by atoms with Crippen LogP contribution in [-0.2, 0) is 0 Å². The molecule has 82 valence electrons. The minimum atomic E-state index is -0.303. The van der Waals surface area contributed by atoms with Gasteiger partial charge in [0.25, 0.3) is 0 Å². The van der Waals surface area contributed by atoms with Crippen molar-refractivity contribution in [2.24, 2.45) is 5.92 Å². The summed E-state index contributed by atoms with van der Waals surface area (Å²) in [4.78, 5) is 0. The Kier molecular flexibility index (Phi) is 2.91. The Labute approximate surface area is 89.1 Å². The van der Waals surface area contributed by atoms with Gasteiger partial charge in [-0.1, -0.05) is 0 Å². The first-order chi connectivity index (χ1) is 7.16. The average molecular weight is 209 g/mol. The van der Waals surface area contributed by atoms with E-state index in [0.29, 0.717) is 5.56 Å². The van der Waals surface area contributed by atoms with Crippen molar-refractivity contribution in [2.45, 2.75) is 25.8 Å². The first-order valence-corrected chi connectivity index (χ1v) is 5.38. The molecule has 0 aliphatic heterocycles. The highest BCUT2D eigenvalue weighted by atomic mass is 19.1. The van der Waals surface area contributed by atoms with Gasteiger partial charge < -0.3 is 10.4 Å². The average Bonchev–Trinajstić information content (AvgIpc) is 3.02. The van der Waals surface area contributed by atoms with Crippen LogP contribution in [0.4, 0.5) is 4.39 Å². The fraction of sp³-hybridized carbons (Fsp3) is 0.500. The number of hydrogen-bond donors (Lipinski definition) is 2. The molecule has 0 bridgehead atoms. The molecule has 1 aliphatic carbocycles. The second kappa shape index (κ2) is 4.19. The van der Waals surface area contributed by atoms with Crippen LogP contribution >= 0.6 is 0 Å². The lowest BCUT2D eigenvalue weighted by molar-refractivity contribution is 0.447. The SMILES string of the molecule is CC(NCC1CC1)c1cc(F)ccc1O. The van der Waals surface area contributed by atoms with Crippen LogP contribution in [0.5, 0.6) is 5.75 Å². The van der Waals surface area contributed by atoms with Crippen LogP contribution in [0.2, 0.25) is 0 Å². The fourth-order valence-corrected chi connectivity index (χ4v) is 1.65. The Morgan fingerprint density at radius 2 is 2.27 bits per heavy atom. The highest BCUT2D eigenvalue weighted by Crippen LogP contribution is 2.30. The van der Waals surface area contributed by atoms with Gasteiger partial charge in [0, 0.05) is 11.6 Å². The van der Waals surface area contributed by atoms with E-state index in [1.807, 2.05) is 6.92 Å². The van der Waals surface area contributed by atoms with E-state index in [4.69, 9.17) is 0 Å². The standard InChI is InChI=1S/C12H16FNO/c1-8(14-7-9-2-3-9)11-6-10(13)4-5-12(11)15/h4-6,8-9,14-15H,2-3,7H2,1H3. The van der Waals surface area contributed by atoms with Gasteiger partial charge in [-0.15, -0.1) is 0 Å². The summed E-state index contributed by atoms with van der Waals surface area (Å²) in [5.41, 5.74) is 0.635. The predicted molar refractivity (Wildman–Crippen MR) is 57.2 cm³/mol. The molecule has 0 saturated heterocycles. The van der Waals surface area contributed by atoms with Gasteiger partial charge in [0.15, 0.2) is 0 Å². The summed E-state index contributed by atoms with van der Waals surface area (Å²) in [7, 11) is 0. The summed E-state index contributed by atoms with van der Waals surface area (Å²) in [6, 6.07) is 4.06. The molecule has 0 amide bonds. The van der Waals surface area contributed by atoms with Gasteiger partial charge in [0.1, 0.15) is 11.6 Å². The van der Waals surface area contributed by atoms with Gasteiger partial charge in [-0.2, -0.15) is 0 Å². The zero-order valence-electron chi connectivity index (χ0n) is 8.83. The molecule has 2 N–H and O–H groups in total. The molecule has 1 unspecified atom stereocenters. The first kappa shape index (κ1) is 10.4. The van der Waals surface area contributed by atoms with E-state index in [1.54, 1.807) is 0 Å². The summed E-state index contributed by atoms with van der Waals surface area (Å²) in [5, 5.41) is 12.9. The number of rotatable bonds is 4. The maximum Gasteiger partial charge on any atom is 0.123 e. The molecule has 1 atom stereocenters. The van der Waals surface area contributed by atoms with Gasteiger partial charge in [0.05, 0.1) is 0 Å². The van der Waals surface area contributed by atoms with Crippen LogP contribution in [0.1, 0.15) is 31.4 Å². The molecule has 1 fully saturated rings. The number of benzene rings is 1. The van der Waals surface area contributed by atoms with E-state index in [0.717, 1.165) is 12.5 Å². The third kappa shape index (κ3) is 2.69. The minimum absolute atomic E-state index is 0.00120. The molecule has 1 saturated carbocycles. The monoisotopic (exact) mass is 209 g/mol. The van der Waals surface area contributed by atoms with Crippen molar-refractivity contribution < 1.29 is 9.50 Å². The summed E-state index contributed by atoms with van der Waals surface area (Å²) in [5.74, 6) is 0.637. The molecule has 15 heavy (non-hydrogen) atoms. The van der Waals surface area contributed by atoms with Crippen LogP contribution in [0.25, 0.3) is 0 Å². The van der Waals surface area contributed by atoms with Crippen molar-refractivity contribution in [1.29, 1.82) is 0 Å². The number of phenolic OH excluding ortho intramolecular Hbond substituents is 1. The number of phenols is 1. The van der Waals surface area contributed by atoms with E-state index in [9.17, 15) is 9.50 Å². The summed E-state index contributed by atoms with van der Waals surface area (Å²) in [6.45, 7) is 2.90. The van der Waals surface area contributed by atoms with Crippen molar-refractivity contribution in [2.75, 3.05) is 6.54 Å². The maximum absolute atomic E-state index is 13.0. The zero-order valence-corrected chi connectivity index (χ0v) is 8.83. The topological polar surface area (TPSA) is 32.3 Å². The Morgan fingerprint density at radius 1 is 1.53 bits per heavy atom. The third-order valence-electron chi connectivity index (χ3n) is 2.87. The van der Waals surface area contributed by atoms with Gasteiger partial charge in [0.2, 0.25) is 0 Å². The van der Waals surface area contributed by atoms with Crippen LogP contribution in [0, 0.1) is 11.7 Å². The molecule has 2 nitrogen and oxygen atoms in total. The van der Waals surface area contributed by atoms with Crippen LogP contribution in [0.15, 0.2) is 18.2 Å². The van der Waals surface area contributed by atoms with Gasteiger partial charge >= 0.3 is 0 Å². The molecule has 1 aromatic rings. The van der Waals surface area contributed by atoms with E-state index in [-0.39, 0.29) is 17.6 Å². The van der Waals surface area contributed by atoms with Crippen LogP contribution in [0.3, 0.4) is 0 Å². The molecule has 2 rings (SSSR count). The second-order valence-electron chi connectivity index (χ2n) is 4.28. The third-order valence-corrected chi connectivity index (χ3v) is 2.87. The highest BCUT2D eigenvalue weighted by Gasteiger charge is 2.22. The van der Waals surface area contributed by atoms with Gasteiger partial charge in [-0.3, -0.25) is 0 Å². The van der Waals surface area contributed by atoms with Gasteiger partial charge in [-0.05, 0) is 50.4 Å². The maximum atomic E-state index is 13.0.